The quantitative estimate of drug-likeness (QED) is 0.733. The summed E-state index contributed by atoms with van der Waals surface area (Å²) in [4.78, 5) is 19.1. The highest BCUT2D eigenvalue weighted by Gasteiger charge is 2.20. The first kappa shape index (κ1) is 19.1. The minimum atomic E-state index is -1.26. The molecule has 0 amide bonds. The van der Waals surface area contributed by atoms with Crippen LogP contribution in [0.25, 0.3) is 0 Å². The van der Waals surface area contributed by atoms with Crippen molar-refractivity contribution in [2.24, 2.45) is 5.73 Å². The van der Waals surface area contributed by atoms with Gasteiger partial charge in [-0.25, -0.2) is 9.59 Å². The molecule has 1 unspecified atom stereocenters. The first-order chi connectivity index (χ1) is 11.3. The number of nitrogens with two attached hydrogens (primary N) is 1. The van der Waals surface area contributed by atoms with Crippen LogP contribution in [0.5, 0.6) is 0 Å². The first-order valence-corrected chi connectivity index (χ1v) is 7.33. The first-order valence-electron chi connectivity index (χ1n) is 7.33. The van der Waals surface area contributed by atoms with Gasteiger partial charge in [0, 0.05) is 17.7 Å². The Labute approximate surface area is 141 Å². The van der Waals surface area contributed by atoms with E-state index in [1.807, 2.05) is 24.3 Å². The topological polar surface area (TPSA) is 101 Å². The number of carbonyl (C=O) groups is 2. The van der Waals surface area contributed by atoms with Gasteiger partial charge in [-0.1, -0.05) is 60.7 Å². The van der Waals surface area contributed by atoms with E-state index in [4.69, 9.17) is 15.9 Å². The molecule has 0 fully saturated rings. The van der Waals surface area contributed by atoms with Crippen LogP contribution in [0.4, 0.5) is 0 Å². The lowest BCUT2D eigenvalue weighted by Crippen LogP contribution is -2.35. The maximum Gasteiger partial charge on any atom is 0.328 e. The highest BCUT2D eigenvalue weighted by atomic mass is 16.4. The summed E-state index contributed by atoms with van der Waals surface area (Å²) < 4.78 is 0. The average Bonchev–Trinajstić information content (AvgIpc) is 2.55. The minimum Gasteiger partial charge on any atom is -0.478 e. The molecule has 0 radical (unpaired) electrons. The lowest BCUT2D eigenvalue weighted by molar-refractivity contribution is -0.134. The van der Waals surface area contributed by atoms with Gasteiger partial charge >= 0.3 is 11.9 Å². The third kappa shape index (κ3) is 7.38. The predicted molar refractivity (Wildman–Crippen MR) is 92.5 cm³/mol. The molecule has 0 bridgehead atoms. The SMILES string of the molecule is CC(N)(Cc1ccccc1)c1ccccc1.O=C(O)C=CC(=O)O. The lowest BCUT2D eigenvalue weighted by Gasteiger charge is -2.25. The van der Waals surface area contributed by atoms with E-state index in [1.165, 1.54) is 11.1 Å². The molecule has 0 heterocycles. The van der Waals surface area contributed by atoms with Crippen molar-refractivity contribution in [1.82, 2.24) is 0 Å². The largest absolute Gasteiger partial charge is 0.478 e. The van der Waals surface area contributed by atoms with Crippen LogP contribution in [0.3, 0.4) is 0 Å². The van der Waals surface area contributed by atoms with Crippen molar-refractivity contribution in [1.29, 1.82) is 0 Å². The smallest absolute Gasteiger partial charge is 0.328 e. The molecule has 2 aromatic carbocycles. The van der Waals surface area contributed by atoms with Crippen LogP contribution in [0, 0.1) is 0 Å². The summed E-state index contributed by atoms with van der Waals surface area (Å²) in [6.45, 7) is 2.08. The molecule has 4 N–H and O–H groups in total. The average molecular weight is 327 g/mol. The molecule has 5 heteroatoms. The number of hydrogen-bond donors (Lipinski definition) is 3. The molecule has 0 aromatic heterocycles. The van der Waals surface area contributed by atoms with Gasteiger partial charge in [0.25, 0.3) is 0 Å². The summed E-state index contributed by atoms with van der Waals surface area (Å²) in [5.41, 5.74) is 8.52. The van der Waals surface area contributed by atoms with Crippen LogP contribution >= 0.6 is 0 Å². The van der Waals surface area contributed by atoms with Gasteiger partial charge in [0.05, 0.1) is 0 Å². The third-order valence-corrected chi connectivity index (χ3v) is 3.22. The van der Waals surface area contributed by atoms with E-state index < -0.39 is 11.9 Å². The Morgan fingerprint density at radius 3 is 1.75 bits per heavy atom. The second kappa shape index (κ2) is 9.27. The fourth-order valence-corrected chi connectivity index (χ4v) is 2.08. The van der Waals surface area contributed by atoms with E-state index in [9.17, 15) is 9.59 Å². The zero-order valence-corrected chi connectivity index (χ0v) is 13.4. The maximum absolute atomic E-state index is 9.55. The minimum absolute atomic E-state index is 0.303. The number of carboxylic acid groups (broad SMARTS) is 2. The molecule has 0 saturated heterocycles. The van der Waals surface area contributed by atoms with Crippen molar-refractivity contribution in [3.63, 3.8) is 0 Å². The van der Waals surface area contributed by atoms with Crippen molar-refractivity contribution in [2.75, 3.05) is 0 Å². The molecule has 2 aromatic rings. The molecular formula is C19H21NO4. The van der Waals surface area contributed by atoms with Gasteiger partial charge in [-0.3, -0.25) is 0 Å². The van der Waals surface area contributed by atoms with Gasteiger partial charge in [-0.05, 0) is 24.5 Å². The molecule has 0 spiro atoms. The van der Waals surface area contributed by atoms with Crippen molar-refractivity contribution in [2.45, 2.75) is 18.9 Å². The van der Waals surface area contributed by atoms with E-state index >= 15 is 0 Å². The maximum atomic E-state index is 9.55. The monoisotopic (exact) mass is 327 g/mol. The van der Waals surface area contributed by atoms with E-state index in [1.54, 1.807) is 0 Å². The number of aliphatic carboxylic acids is 2. The molecule has 1 atom stereocenters. The van der Waals surface area contributed by atoms with Crippen LogP contribution in [0.2, 0.25) is 0 Å². The van der Waals surface area contributed by atoms with Gasteiger partial charge in [0.1, 0.15) is 0 Å². The Morgan fingerprint density at radius 1 is 0.917 bits per heavy atom. The highest BCUT2D eigenvalue weighted by molar-refractivity contribution is 5.89. The summed E-state index contributed by atoms with van der Waals surface area (Å²) in [6, 6.07) is 20.6. The lowest BCUT2D eigenvalue weighted by atomic mass is 9.87. The summed E-state index contributed by atoms with van der Waals surface area (Å²) in [6.07, 6.45) is 1.97. The van der Waals surface area contributed by atoms with Gasteiger partial charge in [-0.15, -0.1) is 0 Å². The van der Waals surface area contributed by atoms with Crippen molar-refractivity contribution in [3.05, 3.63) is 83.9 Å². The zero-order valence-electron chi connectivity index (χ0n) is 13.4. The molecule has 0 aliphatic rings. The fraction of sp³-hybridized carbons (Fsp3) is 0.158. The zero-order chi connectivity index (χ0) is 18.0. The number of benzene rings is 2. The van der Waals surface area contributed by atoms with Crippen LogP contribution < -0.4 is 5.73 Å². The normalized spacial score (nSPS) is 12.8. The van der Waals surface area contributed by atoms with Crippen LogP contribution in [-0.2, 0) is 21.5 Å². The molecule has 24 heavy (non-hydrogen) atoms. The van der Waals surface area contributed by atoms with E-state index in [0.29, 0.717) is 12.2 Å². The highest BCUT2D eigenvalue weighted by Crippen LogP contribution is 2.22. The van der Waals surface area contributed by atoms with Crippen LogP contribution in [0.15, 0.2) is 72.8 Å². The third-order valence-electron chi connectivity index (χ3n) is 3.22. The summed E-state index contributed by atoms with van der Waals surface area (Å²) in [5, 5.41) is 15.6. The number of hydrogen-bond acceptors (Lipinski definition) is 3. The molecule has 2 rings (SSSR count). The summed E-state index contributed by atoms with van der Waals surface area (Å²) in [5.74, 6) is -2.51. The molecule has 126 valence electrons. The molecule has 0 aliphatic carbocycles. The molecule has 0 aliphatic heterocycles. The van der Waals surface area contributed by atoms with E-state index in [-0.39, 0.29) is 5.54 Å². The van der Waals surface area contributed by atoms with Crippen LogP contribution in [-0.4, -0.2) is 22.2 Å². The summed E-state index contributed by atoms with van der Waals surface area (Å²) in [7, 11) is 0. The van der Waals surface area contributed by atoms with Crippen LogP contribution in [0.1, 0.15) is 18.1 Å². The fourth-order valence-electron chi connectivity index (χ4n) is 2.08. The molecule has 0 saturated carbocycles. The van der Waals surface area contributed by atoms with Gasteiger partial charge in [0.2, 0.25) is 0 Å². The number of carboxylic acids is 2. The summed E-state index contributed by atoms with van der Waals surface area (Å²) >= 11 is 0. The Morgan fingerprint density at radius 2 is 1.33 bits per heavy atom. The standard InChI is InChI=1S/C15H17N.C4H4O4/c1-15(16,14-10-6-3-7-11-14)12-13-8-4-2-5-9-13;5-3(6)1-2-4(7)8/h2-11H,12,16H2,1H3;1-2H,(H,5,6)(H,7,8). The molecular weight excluding hydrogens is 306 g/mol. The van der Waals surface area contributed by atoms with Gasteiger partial charge < -0.3 is 15.9 Å². The van der Waals surface area contributed by atoms with Crippen molar-refractivity contribution >= 4 is 11.9 Å². The molecule has 5 nitrogen and oxygen atoms in total. The van der Waals surface area contributed by atoms with Gasteiger partial charge in [-0.2, -0.15) is 0 Å². The second-order valence-electron chi connectivity index (χ2n) is 5.46. The van der Waals surface area contributed by atoms with E-state index in [2.05, 4.69) is 43.3 Å². The Hall–Kier alpha value is -2.92. The van der Waals surface area contributed by atoms with Gasteiger partial charge in [0.15, 0.2) is 0 Å². The Bertz CT molecular complexity index is 663. The predicted octanol–water partition coefficient (Wildman–Crippen LogP) is 2.82. The Balaban J connectivity index is 0.000000307. The Kier molecular flexibility index (Phi) is 7.39. The van der Waals surface area contributed by atoms with Crippen molar-refractivity contribution in [3.8, 4) is 0 Å². The van der Waals surface area contributed by atoms with E-state index in [0.717, 1.165) is 6.42 Å². The second-order valence-corrected chi connectivity index (χ2v) is 5.46. The van der Waals surface area contributed by atoms with Crippen molar-refractivity contribution < 1.29 is 19.8 Å². The number of rotatable bonds is 5.